The van der Waals surface area contributed by atoms with Crippen LogP contribution < -0.4 is 0 Å². The van der Waals surface area contributed by atoms with Crippen LogP contribution in [0.1, 0.15) is 4.88 Å². The first kappa shape index (κ1) is 4.21. The second-order valence-electron chi connectivity index (χ2n) is 1.63. The van der Waals surface area contributed by atoms with E-state index in [1.807, 2.05) is 11.4 Å². The summed E-state index contributed by atoms with van der Waals surface area (Å²) in [5.74, 6) is 0. The smallest absolute Gasteiger partial charge is 0.101 e. The van der Waals surface area contributed by atoms with Gasteiger partial charge in [0.25, 0.3) is 0 Å². The third-order valence-corrected chi connectivity index (χ3v) is 2.01. The molecular formula is C5H4N2S. The first-order valence-electron chi connectivity index (χ1n) is 2.41. The third kappa shape index (κ3) is 0.419. The maximum Gasteiger partial charge on any atom is 0.101 e. The summed E-state index contributed by atoms with van der Waals surface area (Å²) < 4.78 is 0. The lowest BCUT2D eigenvalue weighted by molar-refractivity contribution is 1.05. The van der Waals surface area contributed by atoms with Crippen molar-refractivity contribution in [3.63, 3.8) is 0 Å². The first-order chi connectivity index (χ1) is 3.97. The lowest BCUT2D eigenvalue weighted by atomic mass is 10.4. The highest BCUT2D eigenvalue weighted by molar-refractivity contribution is 7.10. The Labute approximate surface area is 50.9 Å². The van der Waals surface area contributed by atoms with E-state index < -0.39 is 0 Å². The second kappa shape index (κ2) is 1.39. The van der Waals surface area contributed by atoms with E-state index in [1.165, 1.54) is 4.88 Å². The van der Waals surface area contributed by atoms with Crippen molar-refractivity contribution < 1.29 is 0 Å². The van der Waals surface area contributed by atoms with E-state index in [2.05, 4.69) is 10.2 Å². The summed E-state index contributed by atoms with van der Waals surface area (Å²) in [6.07, 6.45) is 0. The van der Waals surface area contributed by atoms with Crippen molar-refractivity contribution in [2.24, 2.45) is 10.2 Å². The molecule has 0 saturated heterocycles. The summed E-state index contributed by atoms with van der Waals surface area (Å²) in [4.78, 5) is 1.30. The van der Waals surface area contributed by atoms with Crippen molar-refractivity contribution in [3.8, 4) is 0 Å². The van der Waals surface area contributed by atoms with Crippen LogP contribution >= 0.6 is 11.3 Å². The molecule has 1 aliphatic rings. The molecule has 2 nitrogen and oxygen atoms in total. The summed E-state index contributed by atoms with van der Waals surface area (Å²) in [6.45, 7) is 0.799. The van der Waals surface area contributed by atoms with Gasteiger partial charge in [0.05, 0.1) is 11.4 Å². The Balaban J connectivity index is 2.67. The molecule has 0 N–H and O–H groups in total. The van der Waals surface area contributed by atoms with Crippen LogP contribution in [0.2, 0.25) is 0 Å². The van der Waals surface area contributed by atoms with Gasteiger partial charge in [-0.3, -0.25) is 0 Å². The van der Waals surface area contributed by atoms with Gasteiger partial charge in [0.1, 0.15) is 5.69 Å². The van der Waals surface area contributed by atoms with Gasteiger partial charge in [-0.05, 0) is 11.4 Å². The van der Waals surface area contributed by atoms with Crippen LogP contribution in [0.3, 0.4) is 0 Å². The minimum Gasteiger partial charge on any atom is -0.183 e. The van der Waals surface area contributed by atoms with Gasteiger partial charge in [0.2, 0.25) is 0 Å². The van der Waals surface area contributed by atoms with E-state index >= 15 is 0 Å². The molecule has 0 unspecified atom stereocenters. The van der Waals surface area contributed by atoms with Crippen LogP contribution in [0.25, 0.3) is 0 Å². The minimum atomic E-state index is 0.799. The fourth-order valence-electron chi connectivity index (χ4n) is 0.717. The van der Waals surface area contributed by atoms with Crippen molar-refractivity contribution in [3.05, 3.63) is 16.3 Å². The molecule has 40 valence electrons. The molecule has 1 aliphatic heterocycles. The van der Waals surface area contributed by atoms with Crippen LogP contribution in [-0.2, 0) is 6.54 Å². The van der Waals surface area contributed by atoms with Crippen molar-refractivity contribution >= 4 is 17.0 Å². The SMILES string of the molecule is c1cc2c(s1)CN=N2. The molecule has 8 heavy (non-hydrogen) atoms. The molecule has 2 heterocycles. The fourth-order valence-corrected chi connectivity index (χ4v) is 1.44. The molecule has 0 spiro atoms. The normalized spacial score (nSPS) is 14.5. The molecule has 1 aromatic rings. The Morgan fingerprint density at radius 1 is 1.62 bits per heavy atom. The Bertz CT molecular complexity index is 226. The number of hydrogen-bond acceptors (Lipinski definition) is 3. The van der Waals surface area contributed by atoms with Crippen molar-refractivity contribution in [1.29, 1.82) is 0 Å². The predicted molar refractivity (Wildman–Crippen MR) is 32.5 cm³/mol. The van der Waals surface area contributed by atoms with Gasteiger partial charge in [-0.25, -0.2) is 0 Å². The standard InChI is InChI=1S/C5H4N2S/c1-2-8-5-3-6-7-4(1)5/h1-2H,3H2. The summed E-state index contributed by atoms with van der Waals surface area (Å²) >= 11 is 1.72. The second-order valence-corrected chi connectivity index (χ2v) is 2.63. The van der Waals surface area contributed by atoms with E-state index in [9.17, 15) is 0 Å². The largest absolute Gasteiger partial charge is 0.183 e. The maximum absolute atomic E-state index is 3.89. The highest BCUT2D eigenvalue weighted by atomic mass is 32.1. The minimum absolute atomic E-state index is 0.799. The number of hydrogen-bond donors (Lipinski definition) is 0. The Kier molecular flexibility index (Phi) is 0.729. The third-order valence-electron chi connectivity index (χ3n) is 1.11. The van der Waals surface area contributed by atoms with Crippen LogP contribution in [0.15, 0.2) is 21.7 Å². The van der Waals surface area contributed by atoms with Crippen LogP contribution in [0.4, 0.5) is 5.69 Å². The van der Waals surface area contributed by atoms with E-state index in [0.717, 1.165) is 12.2 Å². The highest BCUT2D eigenvalue weighted by Gasteiger charge is 2.06. The molecule has 2 rings (SSSR count). The quantitative estimate of drug-likeness (QED) is 0.507. The fraction of sp³-hybridized carbons (Fsp3) is 0.200. The van der Waals surface area contributed by atoms with Gasteiger partial charge in [-0.1, -0.05) is 0 Å². The summed E-state index contributed by atoms with van der Waals surface area (Å²) in [5.41, 5.74) is 1.06. The molecular weight excluding hydrogens is 120 g/mol. The predicted octanol–water partition coefficient (Wildman–Crippen LogP) is 2.35. The zero-order chi connectivity index (χ0) is 5.40. The molecule has 0 bridgehead atoms. The Morgan fingerprint density at radius 3 is 3.50 bits per heavy atom. The average Bonchev–Trinajstić information content (AvgIpc) is 2.15. The van der Waals surface area contributed by atoms with E-state index in [4.69, 9.17) is 0 Å². The van der Waals surface area contributed by atoms with Crippen molar-refractivity contribution in [2.45, 2.75) is 6.54 Å². The molecule has 0 amide bonds. The van der Waals surface area contributed by atoms with Gasteiger partial charge in [-0.2, -0.15) is 10.2 Å². The van der Waals surface area contributed by atoms with Gasteiger partial charge in [0, 0.05) is 0 Å². The van der Waals surface area contributed by atoms with E-state index in [-0.39, 0.29) is 0 Å². The van der Waals surface area contributed by atoms with Gasteiger partial charge >= 0.3 is 0 Å². The molecule has 0 radical (unpaired) electrons. The maximum atomic E-state index is 3.89. The molecule has 3 heteroatoms. The molecule has 0 atom stereocenters. The van der Waals surface area contributed by atoms with Crippen LogP contribution in [-0.4, -0.2) is 0 Å². The molecule has 0 aliphatic carbocycles. The van der Waals surface area contributed by atoms with Crippen LogP contribution in [0, 0.1) is 0 Å². The summed E-state index contributed by atoms with van der Waals surface area (Å²) in [7, 11) is 0. The number of thiophene rings is 1. The number of rotatable bonds is 0. The zero-order valence-electron chi connectivity index (χ0n) is 4.16. The monoisotopic (exact) mass is 124 g/mol. The van der Waals surface area contributed by atoms with E-state index in [1.54, 1.807) is 11.3 Å². The zero-order valence-corrected chi connectivity index (χ0v) is 4.98. The molecule has 1 aromatic heterocycles. The number of fused-ring (bicyclic) bond motifs is 1. The molecule has 0 fully saturated rings. The summed E-state index contributed by atoms with van der Waals surface area (Å²) in [6, 6.07) is 2.00. The lowest BCUT2D eigenvalue weighted by Gasteiger charge is -1.74. The Hall–Kier alpha value is -0.700. The molecule has 0 saturated carbocycles. The van der Waals surface area contributed by atoms with Gasteiger partial charge < -0.3 is 0 Å². The van der Waals surface area contributed by atoms with Crippen LogP contribution in [0.5, 0.6) is 0 Å². The Morgan fingerprint density at radius 2 is 2.62 bits per heavy atom. The summed E-state index contributed by atoms with van der Waals surface area (Å²) in [5, 5.41) is 9.79. The van der Waals surface area contributed by atoms with Gasteiger partial charge in [-0.15, -0.1) is 11.3 Å². The number of azo groups is 1. The van der Waals surface area contributed by atoms with Gasteiger partial charge in [0.15, 0.2) is 0 Å². The topological polar surface area (TPSA) is 24.7 Å². The number of nitrogens with zero attached hydrogens (tertiary/aromatic N) is 2. The average molecular weight is 124 g/mol. The highest BCUT2D eigenvalue weighted by Crippen LogP contribution is 2.30. The molecule has 0 aromatic carbocycles. The van der Waals surface area contributed by atoms with E-state index in [0.29, 0.717) is 0 Å². The van der Waals surface area contributed by atoms with Crippen molar-refractivity contribution in [1.82, 2.24) is 0 Å². The lowest BCUT2D eigenvalue weighted by Crippen LogP contribution is -1.60. The van der Waals surface area contributed by atoms with Crippen molar-refractivity contribution in [2.75, 3.05) is 0 Å². The first-order valence-corrected chi connectivity index (χ1v) is 3.28.